The molecule has 0 saturated carbocycles. The van der Waals surface area contributed by atoms with Crippen molar-refractivity contribution in [1.82, 2.24) is 0 Å². The van der Waals surface area contributed by atoms with Crippen LogP contribution in [0.3, 0.4) is 0 Å². The number of ether oxygens (including phenoxy) is 1. The molecule has 0 aliphatic heterocycles. The minimum Gasteiger partial charge on any atom is -0.426 e. The van der Waals surface area contributed by atoms with Crippen molar-refractivity contribution in [2.24, 2.45) is 0 Å². The molecule has 0 aliphatic carbocycles. The number of thiol groups is 1. The quantitative estimate of drug-likeness (QED) is 0.457. The van der Waals surface area contributed by atoms with Crippen LogP contribution < -0.4 is 4.74 Å². The lowest BCUT2D eigenvalue weighted by atomic mass is 10.3. The summed E-state index contributed by atoms with van der Waals surface area (Å²) in [5.41, 5.74) is 0. The molecule has 3 heteroatoms. The van der Waals surface area contributed by atoms with E-state index in [9.17, 15) is 4.79 Å². The minimum absolute atomic E-state index is 0.193. The van der Waals surface area contributed by atoms with Crippen molar-refractivity contribution in [1.29, 1.82) is 0 Å². The molecule has 0 aromatic heterocycles. The molecular weight excluding hydrogens is 184 g/mol. The van der Waals surface area contributed by atoms with Gasteiger partial charge in [0, 0.05) is 11.3 Å². The van der Waals surface area contributed by atoms with Crippen LogP contribution in [0.4, 0.5) is 0 Å². The standard InChI is InChI=1S/C10H12O2S/c1-2-4-10(11)12-8-5-3-6-9(13)7-8/h3,5-7,13H,2,4H2,1H3. The van der Waals surface area contributed by atoms with Gasteiger partial charge < -0.3 is 4.74 Å². The van der Waals surface area contributed by atoms with Crippen molar-refractivity contribution < 1.29 is 9.53 Å². The van der Waals surface area contributed by atoms with E-state index in [0.717, 1.165) is 11.3 Å². The Morgan fingerprint density at radius 3 is 2.92 bits per heavy atom. The van der Waals surface area contributed by atoms with E-state index in [-0.39, 0.29) is 5.97 Å². The molecule has 0 N–H and O–H groups in total. The summed E-state index contributed by atoms with van der Waals surface area (Å²) in [6.45, 7) is 1.94. The summed E-state index contributed by atoms with van der Waals surface area (Å²) in [6.07, 6.45) is 1.26. The SMILES string of the molecule is CCCC(=O)Oc1cccc(S)c1. The fraction of sp³-hybridized carbons (Fsp3) is 0.300. The molecule has 0 atom stereocenters. The second-order valence-electron chi connectivity index (χ2n) is 2.72. The first kappa shape index (κ1) is 10.1. The van der Waals surface area contributed by atoms with Gasteiger partial charge in [0.15, 0.2) is 0 Å². The Balaban J connectivity index is 2.58. The highest BCUT2D eigenvalue weighted by Crippen LogP contribution is 2.16. The lowest BCUT2D eigenvalue weighted by Gasteiger charge is -2.02. The van der Waals surface area contributed by atoms with E-state index >= 15 is 0 Å². The summed E-state index contributed by atoms with van der Waals surface area (Å²) in [7, 11) is 0. The van der Waals surface area contributed by atoms with Crippen LogP contribution in [-0.2, 0) is 4.79 Å². The van der Waals surface area contributed by atoms with Crippen molar-refractivity contribution >= 4 is 18.6 Å². The molecule has 2 nitrogen and oxygen atoms in total. The highest BCUT2D eigenvalue weighted by molar-refractivity contribution is 7.80. The number of esters is 1. The smallest absolute Gasteiger partial charge is 0.311 e. The third-order valence-corrected chi connectivity index (χ3v) is 1.78. The monoisotopic (exact) mass is 196 g/mol. The molecule has 1 aromatic rings. The maximum absolute atomic E-state index is 11.1. The summed E-state index contributed by atoms with van der Waals surface area (Å²) in [6, 6.07) is 7.10. The zero-order chi connectivity index (χ0) is 9.68. The van der Waals surface area contributed by atoms with Crippen LogP contribution in [0.1, 0.15) is 19.8 Å². The molecule has 0 amide bonds. The Morgan fingerprint density at radius 1 is 1.54 bits per heavy atom. The topological polar surface area (TPSA) is 26.3 Å². The summed E-state index contributed by atoms with van der Waals surface area (Å²) < 4.78 is 5.05. The van der Waals surface area contributed by atoms with Crippen molar-refractivity contribution in [3.05, 3.63) is 24.3 Å². The Labute approximate surface area is 83.3 Å². The maximum atomic E-state index is 11.1. The second-order valence-corrected chi connectivity index (χ2v) is 3.24. The number of hydrogen-bond donors (Lipinski definition) is 1. The normalized spacial score (nSPS) is 9.69. The van der Waals surface area contributed by atoms with Crippen LogP contribution in [0.15, 0.2) is 29.2 Å². The molecule has 1 rings (SSSR count). The number of carbonyl (C=O) groups is 1. The van der Waals surface area contributed by atoms with E-state index in [1.807, 2.05) is 13.0 Å². The highest BCUT2D eigenvalue weighted by atomic mass is 32.1. The van der Waals surface area contributed by atoms with Crippen LogP contribution in [0, 0.1) is 0 Å². The Morgan fingerprint density at radius 2 is 2.31 bits per heavy atom. The largest absolute Gasteiger partial charge is 0.426 e. The molecular formula is C10H12O2S. The highest BCUT2D eigenvalue weighted by Gasteiger charge is 2.02. The van der Waals surface area contributed by atoms with Crippen LogP contribution in [0.5, 0.6) is 5.75 Å². The van der Waals surface area contributed by atoms with E-state index in [1.54, 1.807) is 18.2 Å². The van der Waals surface area contributed by atoms with Gasteiger partial charge in [0.05, 0.1) is 0 Å². The number of hydrogen-bond acceptors (Lipinski definition) is 3. The van der Waals surface area contributed by atoms with E-state index in [0.29, 0.717) is 12.2 Å². The lowest BCUT2D eigenvalue weighted by Crippen LogP contribution is -2.06. The van der Waals surface area contributed by atoms with Crippen LogP contribution in [-0.4, -0.2) is 5.97 Å². The summed E-state index contributed by atoms with van der Waals surface area (Å²) in [5, 5.41) is 0. The summed E-state index contributed by atoms with van der Waals surface area (Å²) in [4.78, 5) is 11.9. The predicted molar refractivity (Wildman–Crippen MR) is 54.2 cm³/mol. The molecule has 0 saturated heterocycles. The molecule has 0 spiro atoms. The first-order valence-electron chi connectivity index (χ1n) is 4.22. The van der Waals surface area contributed by atoms with Crippen molar-refractivity contribution in [3.8, 4) is 5.75 Å². The third kappa shape index (κ3) is 3.51. The first-order valence-corrected chi connectivity index (χ1v) is 4.67. The van der Waals surface area contributed by atoms with Crippen molar-refractivity contribution in [2.45, 2.75) is 24.7 Å². The number of rotatable bonds is 3. The summed E-state index contributed by atoms with van der Waals surface area (Å²) >= 11 is 4.14. The molecule has 1 aromatic carbocycles. The zero-order valence-corrected chi connectivity index (χ0v) is 8.38. The van der Waals surface area contributed by atoms with Gasteiger partial charge in [-0.3, -0.25) is 4.79 Å². The molecule has 0 aliphatic rings. The van der Waals surface area contributed by atoms with Gasteiger partial charge >= 0.3 is 5.97 Å². The average Bonchev–Trinajstić information content (AvgIpc) is 2.04. The van der Waals surface area contributed by atoms with Gasteiger partial charge in [0.25, 0.3) is 0 Å². The molecule has 0 heterocycles. The van der Waals surface area contributed by atoms with Gasteiger partial charge in [-0.25, -0.2) is 0 Å². The van der Waals surface area contributed by atoms with Crippen LogP contribution >= 0.6 is 12.6 Å². The molecule has 13 heavy (non-hydrogen) atoms. The zero-order valence-electron chi connectivity index (χ0n) is 7.49. The lowest BCUT2D eigenvalue weighted by molar-refractivity contribution is -0.134. The first-order chi connectivity index (χ1) is 6.22. The van der Waals surface area contributed by atoms with Crippen LogP contribution in [0.2, 0.25) is 0 Å². The number of benzene rings is 1. The van der Waals surface area contributed by atoms with Crippen molar-refractivity contribution in [2.75, 3.05) is 0 Å². The average molecular weight is 196 g/mol. The van der Waals surface area contributed by atoms with Gasteiger partial charge in [-0.1, -0.05) is 13.0 Å². The summed E-state index contributed by atoms with van der Waals surface area (Å²) in [5.74, 6) is 0.368. The minimum atomic E-state index is -0.193. The molecule has 0 fully saturated rings. The van der Waals surface area contributed by atoms with Crippen molar-refractivity contribution in [3.63, 3.8) is 0 Å². The van der Waals surface area contributed by atoms with Crippen LogP contribution in [0.25, 0.3) is 0 Å². The Kier molecular flexibility index (Phi) is 3.83. The van der Waals surface area contributed by atoms with Gasteiger partial charge in [0.1, 0.15) is 5.75 Å². The molecule has 0 radical (unpaired) electrons. The van der Waals surface area contributed by atoms with Gasteiger partial charge in [-0.05, 0) is 24.6 Å². The molecule has 70 valence electrons. The fourth-order valence-corrected chi connectivity index (χ4v) is 1.15. The Bertz CT molecular complexity index is 297. The van der Waals surface area contributed by atoms with Gasteiger partial charge in [-0.15, -0.1) is 12.6 Å². The molecule has 0 unspecified atom stereocenters. The van der Waals surface area contributed by atoms with E-state index < -0.39 is 0 Å². The second kappa shape index (κ2) is 4.92. The van der Waals surface area contributed by atoms with E-state index in [2.05, 4.69) is 12.6 Å². The van der Waals surface area contributed by atoms with E-state index in [1.165, 1.54) is 0 Å². The number of carbonyl (C=O) groups excluding carboxylic acids is 1. The van der Waals surface area contributed by atoms with E-state index in [4.69, 9.17) is 4.74 Å². The Hall–Kier alpha value is -0.960. The predicted octanol–water partition coefficient (Wildman–Crippen LogP) is 2.68. The third-order valence-electron chi connectivity index (χ3n) is 1.50. The fourth-order valence-electron chi connectivity index (χ4n) is 0.934. The molecule has 0 bridgehead atoms. The van der Waals surface area contributed by atoms with Gasteiger partial charge in [-0.2, -0.15) is 0 Å². The van der Waals surface area contributed by atoms with Gasteiger partial charge in [0.2, 0.25) is 0 Å². The maximum Gasteiger partial charge on any atom is 0.311 e.